The van der Waals surface area contributed by atoms with E-state index in [1.54, 1.807) is 12.1 Å². The Morgan fingerprint density at radius 2 is 1.84 bits per heavy atom. The van der Waals surface area contributed by atoms with Crippen LogP contribution in [0.4, 0.5) is 0 Å². The molecule has 0 spiro atoms. The predicted molar refractivity (Wildman–Crippen MR) is 76.2 cm³/mol. The Balaban J connectivity index is 2.14. The average molecular weight is 257 g/mol. The van der Waals surface area contributed by atoms with E-state index < -0.39 is 0 Å². The van der Waals surface area contributed by atoms with Crippen molar-refractivity contribution in [1.82, 2.24) is 0 Å². The highest BCUT2D eigenvalue weighted by atomic mass is 16.5. The van der Waals surface area contributed by atoms with Gasteiger partial charge in [-0.1, -0.05) is 24.3 Å². The molecule has 3 nitrogen and oxygen atoms in total. The van der Waals surface area contributed by atoms with Gasteiger partial charge in [0.15, 0.2) is 0 Å². The highest BCUT2D eigenvalue weighted by Gasteiger charge is 2.08. The summed E-state index contributed by atoms with van der Waals surface area (Å²) >= 11 is 0. The molecule has 1 atom stereocenters. The number of hydrogen-bond donors (Lipinski definition) is 2. The van der Waals surface area contributed by atoms with Crippen molar-refractivity contribution >= 4 is 0 Å². The molecule has 2 aromatic carbocycles. The minimum Gasteiger partial charge on any atom is -0.508 e. The zero-order valence-electron chi connectivity index (χ0n) is 11.3. The van der Waals surface area contributed by atoms with Crippen LogP contribution >= 0.6 is 0 Å². The second kappa shape index (κ2) is 5.76. The third-order valence-corrected chi connectivity index (χ3v) is 2.99. The number of hydrogen-bond acceptors (Lipinski definition) is 3. The number of ether oxygens (including phenoxy) is 1. The second-order valence-corrected chi connectivity index (χ2v) is 4.79. The van der Waals surface area contributed by atoms with Gasteiger partial charge in [0, 0.05) is 11.6 Å². The lowest BCUT2D eigenvalue weighted by molar-refractivity contribution is 0.301. The molecule has 0 aliphatic heterocycles. The maximum atomic E-state index is 9.24. The Bertz CT molecular complexity index is 547. The lowest BCUT2D eigenvalue weighted by Gasteiger charge is -2.15. The van der Waals surface area contributed by atoms with Gasteiger partial charge in [0.2, 0.25) is 0 Å². The van der Waals surface area contributed by atoms with E-state index >= 15 is 0 Å². The minimum absolute atomic E-state index is 0.0598. The molecule has 0 aliphatic carbocycles. The van der Waals surface area contributed by atoms with Crippen molar-refractivity contribution in [2.24, 2.45) is 5.73 Å². The molecule has 0 heterocycles. The smallest absolute Gasteiger partial charge is 0.124 e. The summed E-state index contributed by atoms with van der Waals surface area (Å²) < 4.78 is 5.84. The largest absolute Gasteiger partial charge is 0.508 e. The number of aromatic hydroxyl groups is 1. The number of rotatable bonds is 4. The van der Waals surface area contributed by atoms with Crippen LogP contribution in [0.1, 0.15) is 29.7 Å². The molecule has 0 radical (unpaired) electrons. The minimum atomic E-state index is -0.0598. The molecule has 3 N–H and O–H groups in total. The number of benzene rings is 2. The van der Waals surface area contributed by atoms with Gasteiger partial charge in [-0.25, -0.2) is 0 Å². The first-order chi connectivity index (χ1) is 9.06. The van der Waals surface area contributed by atoms with Crippen LogP contribution in [0.2, 0.25) is 0 Å². The fourth-order valence-corrected chi connectivity index (χ4v) is 1.90. The zero-order valence-corrected chi connectivity index (χ0v) is 11.3. The van der Waals surface area contributed by atoms with Gasteiger partial charge in [-0.3, -0.25) is 0 Å². The maximum absolute atomic E-state index is 9.24. The fraction of sp³-hybridized carbons (Fsp3) is 0.250. The lowest BCUT2D eigenvalue weighted by atomic mass is 10.1. The third-order valence-electron chi connectivity index (χ3n) is 2.99. The highest BCUT2D eigenvalue weighted by Crippen LogP contribution is 2.26. The van der Waals surface area contributed by atoms with E-state index in [0.717, 1.165) is 22.4 Å². The van der Waals surface area contributed by atoms with E-state index in [4.69, 9.17) is 10.5 Å². The van der Waals surface area contributed by atoms with Gasteiger partial charge in [0.05, 0.1) is 0 Å². The van der Waals surface area contributed by atoms with Gasteiger partial charge in [-0.15, -0.1) is 0 Å². The van der Waals surface area contributed by atoms with Crippen LogP contribution in [0.5, 0.6) is 11.5 Å². The monoisotopic (exact) mass is 257 g/mol. The Morgan fingerprint density at radius 1 is 1.16 bits per heavy atom. The number of nitrogens with two attached hydrogens (primary N) is 1. The molecule has 0 saturated heterocycles. The SMILES string of the molecule is Cc1ccc([C@@H](C)N)c(OCc2ccc(O)cc2)c1. The molecule has 0 aliphatic rings. The van der Waals surface area contributed by atoms with Gasteiger partial charge in [-0.05, 0) is 43.2 Å². The summed E-state index contributed by atoms with van der Waals surface area (Å²) in [5.41, 5.74) is 9.10. The summed E-state index contributed by atoms with van der Waals surface area (Å²) in [6.07, 6.45) is 0. The summed E-state index contributed by atoms with van der Waals surface area (Å²) in [6, 6.07) is 13.0. The quantitative estimate of drug-likeness (QED) is 0.883. The standard InChI is InChI=1S/C16H19NO2/c1-11-3-8-15(12(2)17)16(9-11)19-10-13-4-6-14(18)7-5-13/h3-9,12,18H,10,17H2,1-2H3/t12-/m1/s1. The first-order valence-corrected chi connectivity index (χ1v) is 6.33. The van der Waals surface area contributed by atoms with Gasteiger partial charge < -0.3 is 15.6 Å². The molecule has 0 saturated carbocycles. The summed E-state index contributed by atoms with van der Waals surface area (Å²) in [5, 5.41) is 9.24. The first kappa shape index (κ1) is 13.4. The third kappa shape index (κ3) is 3.48. The predicted octanol–water partition coefficient (Wildman–Crippen LogP) is 3.30. The van der Waals surface area contributed by atoms with Crippen molar-refractivity contribution in [2.45, 2.75) is 26.5 Å². The molecule has 2 aromatic rings. The van der Waals surface area contributed by atoms with Crippen molar-refractivity contribution in [2.75, 3.05) is 0 Å². The molecule has 0 bridgehead atoms. The van der Waals surface area contributed by atoms with Crippen molar-refractivity contribution in [3.8, 4) is 11.5 Å². The van der Waals surface area contributed by atoms with E-state index in [0.29, 0.717) is 6.61 Å². The molecule has 0 amide bonds. The van der Waals surface area contributed by atoms with E-state index in [2.05, 4.69) is 0 Å². The van der Waals surface area contributed by atoms with E-state index in [-0.39, 0.29) is 11.8 Å². The van der Waals surface area contributed by atoms with Crippen LogP contribution < -0.4 is 10.5 Å². The zero-order chi connectivity index (χ0) is 13.8. The van der Waals surface area contributed by atoms with Crippen LogP contribution in [0.15, 0.2) is 42.5 Å². The van der Waals surface area contributed by atoms with Crippen LogP contribution in [0.25, 0.3) is 0 Å². The van der Waals surface area contributed by atoms with Crippen LogP contribution in [-0.2, 0) is 6.61 Å². The summed E-state index contributed by atoms with van der Waals surface area (Å²) in [6.45, 7) is 4.43. The fourth-order valence-electron chi connectivity index (χ4n) is 1.90. The molecular formula is C16H19NO2. The van der Waals surface area contributed by atoms with Crippen LogP contribution in [-0.4, -0.2) is 5.11 Å². The van der Waals surface area contributed by atoms with Crippen molar-refractivity contribution in [3.05, 3.63) is 59.2 Å². The summed E-state index contributed by atoms with van der Waals surface area (Å²) in [5.74, 6) is 1.08. The lowest BCUT2D eigenvalue weighted by Crippen LogP contribution is -2.08. The Kier molecular flexibility index (Phi) is 4.07. The number of phenols is 1. The molecular weight excluding hydrogens is 238 g/mol. The average Bonchev–Trinajstić information content (AvgIpc) is 2.38. The van der Waals surface area contributed by atoms with Gasteiger partial charge in [0.25, 0.3) is 0 Å². The van der Waals surface area contributed by atoms with Gasteiger partial charge in [-0.2, -0.15) is 0 Å². The number of aryl methyl sites for hydroxylation is 1. The molecule has 3 heteroatoms. The van der Waals surface area contributed by atoms with E-state index in [1.807, 2.05) is 44.2 Å². The summed E-state index contributed by atoms with van der Waals surface area (Å²) in [7, 11) is 0. The van der Waals surface area contributed by atoms with Crippen molar-refractivity contribution < 1.29 is 9.84 Å². The van der Waals surface area contributed by atoms with Gasteiger partial charge in [0.1, 0.15) is 18.1 Å². The van der Waals surface area contributed by atoms with Crippen molar-refractivity contribution in [3.63, 3.8) is 0 Å². The Labute approximate surface area is 113 Å². The molecule has 19 heavy (non-hydrogen) atoms. The Morgan fingerprint density at radius 3 is 2.47 bits per heavy atom. The molecule has 2 rings (SSSR count). The second-order valence-electron chi connectivity index (χ2n) is 4.79. The molecule has 0 unspecified atom stereocenters. The Hall–Kier alpha value is -2.00. The topological polar surface area (TPSA) is 55.5 Å². The van der Waals surface area contributed by atoms with Crippen LogP contribution in [0.3, 0.4) is 0 Å². The maximum Gasteiger partial charge on any atom is 0.124 e. The molecule has 0 aromatic heterocycles. The summed E-state index contributed by atoms with van der Waals surface area (Å²) in [4.78, 5) is 0. The van der Waals surface area contributed by atoms with Crippen molar-refractivity contribution in [1.29, 1.82) is 0 Å². The molecule has 0 fully saturated rings. The van der Waals surface area contributed by atoms with Crippen LogP contribution in [0, 0.1) is 6.92 Å². The normalized spacial score (nSPS) is 12.2. The van der Waals surface area contributed by atoms with E-state index in [9.17, 15) is 5.11 Å². The highest BCUT2D eigenvalue weighted by molar-refractivity contribution is 5.39. The van der Waals surface area contributed by atoms with E-state index in [1.165, 1.54) is 0 Å². The first-order valence-electron chi connectivity index (χ1n) is 6.33. The number of phenolic OH excluding ortho intramolecular Hbond substituents is 1. The van der Waals surface area contributed by atoms with Gasteiger partial charge >= 0.3 is 0 Å². The molecule has 100 valence electrons.